The summed E-state index contributed by atoms with van der Waals surface area (Å²) in [5.74, 6) is 0.836. The number of hydrogen-bond acceptors (Lipinski definition) is 4. The van der Waals surface area contributed by atoms with E-state index in [0.29, 0.717) is 5.41 Å². The van der Waals surface area contributed by atoms with Crippen LogP contribution in [0.25, 0.3) is 0 Å². The van der Waals surface area contributed by atoms with Crippen molar-refractivity contribution in [1.82, 2.24) is 10.0 Å². The Morgan fingerprint density at radius 1 is 1.15 bits per heavy atom. The molecule has 0 aliphatic heterocycles. The van der Waals surface area contributed by atoms with Gasteiger partial charge in [0.05, 0.1) is 11.6 Å². The van der Waals surface area contributed by atoms with Crippen molar-refractivity contribution in [2.75, 3.05) is 26.7 Å². The van der Waals surface area contributed by atoms with E-state index in [4.69, 9.17) is 4.74 Å². The van der Waals surface area contributed by atoms with Gasteiger partial charge in [0.15, 0.2) is 0 Å². The first-order chi connectivity index (χ1) is 9.33. The summed E-state index contributed by atoms with van der Waals surface area (Å²) in [5.41, 5.74) is 0.329. The van der Waals surface area contributed by atoms with Crippen LogP contribution in [0.1, 0.15) is 20.8 Å². The molecule has 0 saturated heterocycles. The number of hydrogen-bond donors (Lipinski definition) is 2. The highest BCUT2D eigenvalue weighted by Gasteiger charge is 2.09. The molecule has 0 spiro atoms. The lowest BCUT2D eigenvalue weighted by Gasteiger charge is -2.18. The summed E-state index contributed by atoms with van der Waals surface area (Å²) in [6.45, 7) is 9.57. The summed E-state index contributed by atoms with van der Waals surface area (Å²) in [5, 5.41) is 3.44. The van der Waals surface area contributed by atoms with Gasteiger partial charge in [-0.15, -0.1) is 0 Å². The first-order valence-corrected chi connectivity index (χ1v) is 8.87. The van der Waals surface area contributed by atoms with Crippen LogP contribution >= 0.6 is 43.8 Å². The molecule has 0 fully saturated rings. The second-order valence-electron chi connectivity index (χ2n) is 5.65. The molecular formula is C14H22Br2N2OS. The SMILES string of the molecule is COc1cc(SNCCNCC(C)(C)C)c(Br)cc1Br. The Hall–Kier alpha value is 0.250. The fourth-order valence-corrected chi connectivity index (χ4v) is 3.56. The molecule has 0 aliphatic rings. The lowest BCUT2D eigenvalue weighted by Crippen LogP contribution is -2.31. The van der Waals surface area contributed by atoms with Gasteiger partial charge in [-0.3, -0.25) is 4.72 Å². The van der Waals surface area contributed by atoms with E-state index in [1.165, 1.54) is 0 Å². The average molecular weight is 426 g/mol. The van der Waals surface area contributed by atoms with Gasteiger partial charge < -0.3 is 10.1 Å². The summed E-state index contributed by atoms with van der Waals surface area (Å²) < 4.78 is 10.6. The van der Waals surface area contributed by atoms with Gasteiger partial charge in [-0.1, -0.05) is 20.8 Å². The van der Waals surface area contributed by atoms with E-state index in [2.05, 4.69) is 62.7 Å². The molecule has 20 heavy (non-hydrogen) atoms. The van der Waals surface area contributed by atoms with Crippen molar-refractivity contribution in [3.63, 3.8) is 0 Å². The van der Waals surface area contributed by atoms with Crippen LogP contribution in [0.5, 0.6) is 5.75 Å². The van der Waals surface area contributed by atoms with Crippen LogP contribution in [-0.4, -0.2) is 26.7 Å². The number of methoxy groups -OCH3 is 1. The van der Waals surface area contributed by atoms with Crippen molar-refractivity contribution in [2.45, 2.75) is 25.7 Å². The zero-order chi connectivity index (χ0) is 15.2. The maximum atomic E-state index is 5.30. The molecule has 1 aromatic rings. The maximum absolute atomic E-state index is 5.30. The van der Waals surface area contributed by atoms with Gasteiger partial charge in [0, 0.05) is 29.0 Å². The maximum Gasteiger partial charge on any atom is 0.134 e. The quantitative estimate of drug-likeness (QED) is 0.499. The monoisotopic (exact) mass is 424 g/mol. The third-order valence-electron chi connectivity index (χ3n) is 2.45. The van der Waals surface area contributed by atoms with E-state index in [-0.39, 0.29) is 0 Å². The Bertz CT molecular complexity index is 436. The zero-order valence-corrected chi connectivity index (χ0v) is 16.3. The van der Waals surface area contributed by atoms with Gasteiger partial charge in [-0.05, 0) is 61.4 Å². The van der Waals surface area contributed by atoms with E-state index in [1.54, 1.807) is 19.1 Å². The summed E-state index contributed by atoms with van der Waals surface area (Å²) in [4.78, 5) is 1.11. The number of ether oxygens (including phenoxy) is 1. The Labute approximate surface area is 143 Å². The first kappa shape index (κ1) is 18.3. The molecule has 0 saturated carbocycles. The third-order valence-corrected chi connectivity index (χ3v) is 4.89. The molecule has 0 aromatic heterocycles. The van der Waals surface area contributed by atoms with Crippen molar-refractivity contribution >= 4 is 43.8 Å². The van der Waals surface area contributed by atoms with Crippen molar-refractivity contribution in [1.29, 1.82) is 0 Å². The minimum atomic E-state index is 0.329. The minimum absolute atomic E-state index is 0.329. The highest BCUT2D eigenvalue weighted by atomic mass is 79.9. The first-order valence-electron chi connectivity index (χ1n) is 6.47. The largest absolute Gasteiger partial charge is 0.496 e. The molecule has 114 valence electrons. The van der Waals surface area contributed by atoms with Crippen LogP contribution in [-0.2, 0) is 0 Å². The summed E-state index contributed by atoms with van der Waals surface area (Å²) in [7, 11) is 1.67. The average Bonchev–Trinajstić information content (AvgIpc) is 2.34. The third kappa shape index (κ3) is 6.80. The molecule has 0 bridgehead atoms. The molecular weight excluding hydrogens is 404 g/mol. The Morgan fingerprint density at radius 3 is 2.45 bits per heavy atom. The van der Waals surface area contributed by atoms with Crippen molar-refractivity contribution < 1.29 is 4.74 Å². The van der Waals surface area contributed by atoms with Gasteiger partial charge in [0.25, 0.3) is 0 Å². The summed E-state index contributed by atoms with van der Waals surface area (Å²) >= 11 is 8.63. The molecule has 3 nitrogen and oxygen atoms in total. The molecule has 0 atom stereocenters. The fourth-order valence-electron chi connectivity index (χ4n) is 1.48. The molecule has 0 aliphatic carbocycles. The smallest absolute Gasteiger partial charge is 0.134 e. The van der Waals surface area contributed by atoms with E-state index in [1.807, 2.05) is 12.1 Å². The molecule has 2 N–H and O–H groups in total. The highest BCUT2D eigenvalue weighted by Crippen LogP contribution is 2.35. The van der Waals surface area contributed by atoms with Crippen LogP contribution in [0.3, 0.4) is 0 Å². The molecule has 0 heterocycles. The summed E-state index contributed by atoms with van der Waals surface area (Å²) in [6.07, 6.45) is 0. The minimum Gasteiger partial charge on any atom is -0.496 e. The topological polar surface area (TPSA) is 33.3 Å². The Morgan fingerprint density at radius 2 is 1.85 bits per heavy atom. The normalized spacial score (nSPS) is 11.7. The Kier molecular flexibility index (Phi) is 7.90. The second kappa shape index (κ2) is 8.63. The van der Waals surface area contributed by atoms with Gasteiger partial charge in [0.1, 0.15) is 5.75 Å². The lowest BCUT2D eigenvalue weighted by atomic mass is 9.97. The standard InChI is InChI=1S/C14H22Br2N2OS/c1-14(2,3)9-17-5-6-18-20-13-8-12(19-4)10(15)7-11(13)16/h7-8,17-18H,5-6,9H2,1-4H3. The van der Waals surface area contributed by atoms with Crippen LogP contribution in [0, 0.1) is 5.41 Å². The molecule has 6 heteroatoms. The van der Waals surface area contributed by atoms with E-state index >= 15 is 0 Å². The molecule has 1 aromatic carbocycles. The predicted octanol–water partition coefficient (Wildman–Crippen LogP) is 4.45. The highest BCUT2D eigenvalue weighted by molar-refractivity contribution is 9.11. The molecule has 0 unspecified atom stereocenters. The fraction of sp³-hybridized carbons (Fsp3) is 0.571. The van der Waals surface area contributed by atoms with Crippen molar-refractivity contribution in [2.24, 2.45) is 5.41 Å². The van der Waals surface area contributed by atoms with Crippen molar-refractivity contribution in [3.05, 3.63) is 21.1 Å². The van der Waals surface area contributed by atoms with E-state index in [0.717, 1.165) is 39.2 Å². The number of benzene rings is 1. The second-order valence-corrected chi connectivity index (χ2v) is 8.29. The molecule has 1 rings (SSSR count). The van der Waals surface area contributed by atoms with Gasteiger partial charge in [-0.25, -0.2) is 0 Å². The van der Waals surface area contributed by atoms with Gasteiger partial charge >= 0.3 is 0 Å². The molecule has 0 radical (unpaired) electrons. The predicted molar refractivity (Wildman–Crippen MR) is 94.6 cm³/mol. The Balaban J connectivity index is 2.35. The van der Waals surface area contributed by atoms with Crippen molar-refractivity contribution in [3.8, 4) is 5.75 Å². The van der Waals surface area contributed by atoms with Gasteiger partial charge in [-0.2, -0.15) is 0 Å². The molecule has 0 amide bonds. The van der Waals surface area contributed by atoms with E-state index < -0.39 is 0 Å². The van der Waals surface area contributed by atoms with Crippen LogP contribution in [0.2, 0.25) is 0 Å². The number of nitrogens with one attached hydrogen (secondary N) is 2. The van der Waals surface area contributed by atoms with Crippen LogP contribution in [0.4, 0.5) is 0 Å². The van der Waals surface area contributed by atoms with Gasteiger partial charge in [0.2, 0.25) is 0 Å². The van der Waals surface area contributed by atoms with Crippen LogP contribution in [0.15, 0.2) is 26.0 Å². The lowest BCUT2D eigenvalue weighted by molar-refractivity contribution is 0.382. The van der Waals surface area contributed by atoms with E-state index in [9.17, 15) is 0 Å². The summed E-state index contributed by atoms with van der Waals surface area (Å²) in [6, 6.07) is 4.01. The number of rotatable bonds is 7. The zero-order valence-electron chi connectivity index (χ0n) is 12.3. The number of halogens is 2. The van der Waals surface area contributed by atoms with Crippen LogP contribution < -0.4 is 14.8 Å².